The van der Waals surface area contributed by atoms with Crippen molar-refractivity contribution >= 4 is 0 Å². The molecule has 1 heterocycles. The average Bonchev–Trinajstić information content (AvgIpc) is 2.08. The van der Waals surface area contributed by atoms with E-state index in [0.29, 0.717) is 5.92 Å². The van der Waals surface area contributed by atoms with Gasteiger partial charge in [-0.1, -0.05) is 34.3 Å². The summed E-state index contributed by atoms with van der Waals surface area (Å²) in [6, 6.07) is 0. The summed E-state index contributed by atoms with van der Waals surface area (Å²) in [4.78, 5) is 2.47. The molecule has 1 heteroatoms. The minimum atomic E-state index is 0.598. The van der Waals surface area contributed by atoms with Crippen molar-refractivity contribution in [3.05, 3.63) is 12.3 Å². The van der Waals surface area contributed by atoms with Gasteiger partial charge in [0.1, 0.15) is 0 Å². The monoisotopic (exact) mass is 181 g/mol. The lowest BCUT2D eigenvalue weighted by Gasteiger charge is -2.39. The molecule has 0 aromatic rings. The van der Waals surface area contributed by atoms with Crippen molar-refractivity contribution in [1.29, 1.82) is 0 Å². The first-order chi connectivity index (χ1) is 6.02. The molecule has 0 saturated carbocycles. The van der Waals surface area contributed by atoms with Crippen LogP contribution < -0.4 is 0 Å². The van der Waals surface area contributed by atoms with Gasteiger partial charge in [-0.25, -0.2) is 0 Å². The summed E-state index contributed by atoms with van der Waals surface area (Å²) in [7, 11) is 0. The van der Waals surface area contributed by atoms with E-state index in [-0.39, 0.29) is 0 Å². The van der Waals surface area contributed by atoms with E-state index < -0.39 is 0 Å². The van der Waals surface area contributed by atoms with Gasteiger partial charge in [-0.2, -0.15) is 0 Å². The van der Waals surface area contributed by atoms with Gasteiger partial charge >= 0.3 is 0 Å². The third-order valence-electron chi connectivity index (χ3n) is 3.41. The van der Waals surface area contributed by atoms with Crippen LogP contribution in [-0.2, 0) is 0 Å². The second kappa shape index (κ2) is 4.17. The maximum atomic E-state index is 4.16. The number of likely N-dealkylation sites (tertiary alicyclic amines) is 1. The first-order valence-electron chi connectivity index (χ1n) is 5.46. The molecule has 0 N–H and O–H groups in total. The fourth-order valence-corrected chi connectivity index (χ4v) is 1.89. The van der Waals surface area contributed by atoms with Crippen LogP contribution in [0.4, 0.5) is 0 Å². The maximum Gasteiger partial charge on any atom is 0.0203 e. The summed E-state index contributed by atoms with van der Waals surface area (Å²) in [5, 5.41) is 0. The van der Waals surface area contributed by atoms with Crippen LogP contribution in [0.1, 0.15) is 34.1 Å². The van der Waals surface area contributed by atoms with Crippen molar-refractivity contribution in [3.8, 4) is 0 Å². The van der Waals surface area contributed by atoms with Gasteiger partial charge in [-0.3, -0.25) is 0 Å². The minimum absolute atomic E-state index is 0.598. The second-order valence-electron chi connectivity index (χ2n) is 4.84. The lowest BCUT2D eigenvalue weighted by atomic mass is 9.88. The Labute approximate surface area is 82.8 Å². The molecule has 1 saturated heterocycles. The second-order valence-corrected chi connectivity index (χ2v) is 4.84. The molecular weight excluding hydrogens is 158 g/mol. The van der Waals surface area contributed by atoms with Crippen molar-refractivity contribution in [2.45, 2.75) is 34.1 Å². The lowest BCUT2D eigenvalue weighted by Crippen LogP contribution is -2.38. The average molecular weight is 181 g/mol. The van der Waals surface area contributed by atoms with Crippen molar-refractivity contribution in [2.75, 3.05) is 13.1 Å². The highest BCUT2D eigenvalue weighted by molar-refractivity contribution is 4.99. The van der Waals surface area contributed by atoms with Crippen LogP contribution in [0.3, 0.4) is 0 Å². The Balaban J connectivity index is 2.50. The van der Waals surface area contributed by atoms with Crippen LogP contribution in [0, 0.1) is 17.8 Å². The molecular formula is C12H23N. The Morgan fingerprint density at radius 1 is 1.31 bits per heavy atom. The van der Waals surface area contributed by atoms with E-state index >= 15 is 0 Å². The Morgan fingerprint density at radius 3 is 2.38 bits per heavy atom. The molecule has 1 fully saturated rings. The number of allylic oxidation sites excluding steroid dienone is 1. The Hall–Kier alpha value is -0.460. The van der Waals surface area contributed by atoms with Gasteiger partial charge in [0.05, 0.1) is 0 Å². The van der Waals surface area contributed by atoms with E-state index in [1.165, 1.54) is 25.2 Å². The van der Waals surface area contributed by atoms with Crippen LogP contribution in [0.5, 0.6) is 0 Å². The summed E-state index contributed by atoms with van der Waals surface area (Å²) >= 11 is 0. The van der Waals surface area contributed by atoms with Crippen molar-refractivity contribution < 1.29 is 0 Å². The molecule has 0 spiro atoms. The van der Waals surface area contributed by atoms with Gasteiger partial charge in [0.25, 0.3) is 0 Å². The predicted octanol–water partition coefficient (Wildman–Crippen LogP) is 3.13. The molecule has 0 aliphatic carbocycles. The Bertz CT molecular complexity index is 184. The highest BCUT2D eigenvalue weighted by atomic mass is 15.1. The van der Waals surface area contributed by atoms with Crippen LogP contribution in [0.2, 0.25) is 0 Å². The molecule has 2 unspecified atom stereocenters. The number of hydrogen-bond acceptors (Lipinski definition) is 1. The fourth-order valence-electron chi connectivity index (χ4n) is 1.89. The summed E-state index contributed by atoms with van der Waals surface area (Å²) in [6.45, 7) is 15.7. The third-order valence-corrected chi connectivity index (χ3v) is 3.41. The van der Waals surface area contributed by atoms with Gasteiger partial charge in [0, 0.05) is 18.8 Å². The zero-order valence-electron chi connectivity index (χ0n) is 9.51. The highest BCUT2D eigenvalue weighted by Crippen LogP contribution is 2.26. The first kappa shape index (κ1) is 10.6. The zero-order valence-corrected chi connectivity index (χ0v) is 9.51. The summed E-state index contributed by atoms with van der Waals surface area (Å²) in [5.41, 5.74) is 1.32. The van der Waals surface area contributed by atoms with Crippen LogP contribution in [0.25, 0.3) is 0 Å². The molecule has 1 rings (SSSR count). The third kappa shape index (κ3) is 2.49. The molecule has 0 aromatic heterocycles. The van der Waals surface area contributed by atoms with E-state index in [2.05, 4.69) is 39.2 Å². The molecule has 2 atom stereocenters. The van der Waals surface area contributed by atoms with Crippen molar-refractivity contribution in [2.24, 2.45) is 17.8 Å². The van der Waals surface area contributed by atoms with Gasteiger partial charge in [0.15, 0.2) is 0 Å². The summed E-state index contributed by atoms with van der Waals surface area (Å²) in [6.07, 6.45) is 1.33. The van der Waals surface area contributed by atoms with E-state index in [1.807, 2.05) is 0 Å². The number of hydrogen-bond donors (Lipinski definition) is 0. The molecule has 1 aliphatic rings. The first-order valence-corrected chi connectivity index (χ1v) is 5.46. The molecule has 0 bridgehead atoms. The smallest absolute Gasteiger partial charge is 0.0203 e. The minimum Gasteiger partial charge on any atom is -0.375 e. The molecule has 0 aromatic carbocycles. The maximum absolute atomic E-state index is 4.16. The van der Waals surface area contributed by atoms with E-state index in [1.54, 1.807) is 0 Å². The largest absolute Gasteiger partial charge is 0.375 e. The van der Waals surface area contributed by atoms with Crippen molar-refractivity contribution in [1.82, 2.24) is 4.90 Å². The number of piperidine rings is 1. The molecule has 1 aliphatic heterocycles. The van der Waals surface area contributed by atoms with Crippen LogP contribution in [0.15, 0.2) is 12.3 Å². The standard InChI is InChI=1S/C12H23N/c1-9(2)12(5)13-7-6-10(3)11(4)8-13/h9-11H,5-8H2,1-4H3. The van der Waals surface area contributed by atoms with E-state index in [0.717, 1.165) is 11.8 Å². The molecule has 0 radical (unpaired) electrons. The van der Waals surface area contributed by atoms with Gasteiger partial charge in [0.2, 0.25) is 0 Å². The number of nitrogens with zero attached hydrogens (tertiary/aromatic N) is 1. The zero-order chi connectivity index (χ0) is 10.0. The Morgan fingerprint density at radius 2 is 1.92 bits per heavy atom. The summed E-state index contributed by atoms with van der Waals surface area (Å²) in [5.74, 6) is 2.31. The van der Waals surface area contributed by atoms with Gasteiger partial charge in [-0.15, -0.1) is 0 Å². The molecule has 13 heavy (non-hydrogen) atoms. The predicted molar refractivity (Wildman–Crippen MR) is 58.5 cm³/mol. The SMILES string of the molecule is C=C(C(C)C)N1CCC(C)C(C)C1. The quantitative estimate of drug-likeness (QED) is 0.632. The van der Waals surface area contributed by atoms with E-state index in [9.17, 15) is 0 Å². The lowest BCUT2D eigenvalue weighted by molar-refractivity contribution is 0.162. The molecule has 1 nitrogen and oxygen atoms in total. The fraction of sp³-hybridized carbons (Fsp3) is 0.833. The van der Waals surface area contributed by atoms with Crippen molar-refractivity contribution in [3.63, 3.8) is 0 Å². The topological polar surface area (TPSA) is 3.24 Å². The van der Waals surface area contributed by atoms with Crippen LogP contribution >= 0.6 is 0 Å². The van der Waals surface area contributed by atoms with Gasteiger partial charge in [-0.05, 0) is 24.2 Å². The number of rotatable bonds is 2. The highest BCUT2D eigenvalue weighted by Gasteiger charge is 2.23. The summed E-state index contributed by atoms with van der Waals surface area (Å²) < 4.78 is 0. The normalized spacial score (nSPS) is 29.5. The van der Waals surface area contributed by atoms with E-state index in [4.69, 9.17) is 0 Å². The van der Waals surface area contributed by atoms with Gasteiger partial charge < -0.3 is 4.90 Å². The molecule has 0 amide bonds. The Kier molecular flexibility index (Phi) is 3.40. The van der Waals surface area contributed by atoms with Crippen LogP contribution in [-0.4, -0.2) is 18.0 Å². The molecule has 76 valence electrons.